The molecule has 0 saturated carbocycles. The Morgan fingerprint density at radius 3 is 2.06 bits per heavy atom. The Bertz CT molecular complexity index is 1050. The van der Waals surface area contributed by atoms with Crippen molar-refractivity contribution in [3.63, 3.8) is 0 Å². The number of ether oxygens (including phenoxy) is 1. The fourth-order valence-electron chi connectivity index (χ4n) is 3.79. The molecule has 1 aromatic heterocycles. The number of pyridine rings is 1. The van der Waals surface area contributed by atoms with Crippen molar-refractivity contribution in [2.45, 2.75) is 19.6 Å². The highest BCUT2D eigenvalue weighted by Gasteiger charge is 2.20. The van der Waals surface area contributed by atoms with Crippen LogP contribution in [0.25, 0.3) is 0 Å². The number of hydrogen-bond acceptors (Lipinski definition) is 6. The summed E-state index contributed by atoms with van der Waals surface area (Å²) in [6, 6.07) is 20.3. The third kappa shape index (κ3) is 5.88. The largest absolute Gasteiger partial charge is 0.459 e. The molecule has 1 unspecified atom stereocenters. The van der Waals surface area contributed by atoms with Gasteiger partial charge in [-0.1, -0.05) is 30.3 Å². The lowest BCUT2D eigenvalue weighted by Gasteiger charge is -2.37. The Kier molecular flexibility index (Phi) is 7.19. The zero-order chi connectivity index (χ0) is 23.0. The molecule has 7 nitrogen and oxygen atoms in total. The summed E-state index contributed by atoms with van der Waals surface area (Å²) >= 11 is 0. The number of amides is 1. The first kappa shape index (κ1) is 22.3. The zero-order valence-electron chi connectivity index (χ0n) is 18.7. The lowest BCUT2D eigenvalue weighted by atomic mass is 10.1. The number of esters is 1. The van der Waals surface area contributed by atoms with Crippen molar-refractivity contribution in [1.82, 2.24) is 10.3 Å². The number of hydrogen-bond donors (Lipinski definition) is 1. The van der Waals surface area contributed by atoms with Crippen LogP contribution in [0.4, 0.5) is 11.4 Å². The Labute approximate surface area is 194 Å². The highest BCUT2D eigenvalue weighted by Crippen LogP contribution is 2.20. The van der Waals surface area contributed by atoms with E-state index in [0.717, 1.165) is 37.4 Å². The van der Waals surface area contributed by atoms with Gasteiger partial charge in [-0.05, 0) is 48.9 Å². The summed E-state index contributed by atoms with van der Waals surface area (Å²) in [5.74, 6) is -0.760. The molecular formula is C26H28N4O3. The molecule has 33 heavy (non-hydrogen) atoms. The van der Waals surface area contributed by atoms with Crippen LogP contribution in [0.1, 0.15) is 22.8 Å². The Hall–Kier alpha value is -3.87. The molecule has 1 aliphatic rings. The smallest absolute Gasteiger partial charge is 0.328 e. The van der Waals surface area contributed by atoms with Gasteiger partial charge in [-0.2, -0.15) is 0 Å². The quantitative estimate of drug-likeness (QED) is 0.564. The van der Waals surface area contributed by atoms with E-state index in [9.17, 15) is 9.59 Å². The second-order valence-corrected chi connectivity index (χ2v) is 8.01. The monoisotopic (exact) mass is 444 g/mol. The van der Waals surface area contributed by atoms with Crippen molar-refractivity contribution < 1.29 is 14.3 Å². The number of piperazine rings is 1. The van der Waals surface area contributed by atoms with E-state index >= 15 is 0 Å². The molecule has 0 radical (unpaired) electrons. The maximum absolute atomic E-state index is 12.6. The molecule has 7 heteroatoms. The number of nitrogens with zero attached hydrogens (tertiary/aromatic N) is 3. The van der Waals surface area contributed by atoms with Crippen LogP contribution < -0.4 is 15.1 Å². The van der Waals surface area contributed by atoms with Crippen LogP contribution in [-0.4, -0.2) is 49.1 Å². The molecule has 1 amide bonds. The first-order valence-corrected chi connectivity index (χ1v) is 11.1. The molecule has 1 N–H and O–H groups in total. The van der Waals surface area contributed by atoms with Crippen LogP contribution in [0.2, 0.25) is 0 Å². The lowest BCUT2D eigenvalue weighted by molar-refractivity contribution is -0.146. The normalized spacial score (nSPS) is 14.5. The average Bonchev–Trinajstić information content (AvgIpc) is 2.88. The standard InChI is InChI=1S/C26H28N4O3/c1-20(26(32)33-19-21-5-3-2-4-6-21)28-25(31)22-7-9-23(10-8-22)29-15-17-30(18-16-29)24-11-13-27-14-12-24/h2-14,20H,15-19H2,1H3,(H,28,31). The van der Waals surface area contributed by atoms with Gasteiger partial charge in [0.15, 0.2) is 0 Å². The van der Waals surface area contributed by atoms with Crippen molar-refractivity contribution in [3.8, 4) is 0 Å². The van der Waals surface area contributed by atoms with Gasteiger partial charge in [-0.15, -0.1) is 0 Å². The molecule has 1 saturated heterocycles. The fraction of sp³-hybridized carbons (Fsp3) is 0.269. The molecule has 170 valence electrons. The first-order valence-electron chi connectivity index (χ1n) is 11.1. The number of rotatable bonds is 7. The Morgan fingerprint density at radius 1 is 0.879 bits per heavy atom. The average molecular weight is 445 g/mol. The summed E-state index contributed by atoms with van der Waals surface area (Å²) in [6.45, 7) is 5.46. The van der Waals surface area contributed by atoms with E-state index in [2.05, 4.69) is 20.1 Å². The molecule has 0 bridgehead atoms. The van der Waals surface area contributed by atoms with E-state index in [-0.39, 0.29) is 12.5 Å². The van der Waals surface area contributed by atoms with Gasteiger partial charge < -0.3 is 19.9 Å². The highest BCUT2D eigenvalue weighted by atomic mass is 16.5. The van der Waals surface area contributed by atoms with Crippen LogP contribution in [0.15, 0.2) is 79.1 Å². The molecule has 3 aromatic rings. The summed E-state index contributed by atoms with van der Waals surface area (Å²) in [6.07, 6.45) is 3.63. The fourth-order valence-corrected chi connectivity index (χ4v) is 3.79. The van der Waals surface area contributed by atoms with E-state index in [4.69, 9.17) is 4.74 Å². The van der Waals surface area contributed by atoms with E-state index < -0.39 is 12.0 Å². The summed E-state index contributed by atoms with van der Waals surface area (Å²) in [5, 5.41) is 2.72. The van der Waals surface area contributed by atoms with Crippen molar-refractivity contribution in [3.05, 3.63) is 90.3 Å². The van der Waals surface area contributed by atoms with Crippen LogP contribution in [0.3, 0.4) is 0 Å². The maximum Gasteiger partial charge on any atom is 0.328 e. The second kappa shape index (κ2) is 10.6. The number of anilines is 2. The van der Waals surface area contributed by atoms with E-state index in [1.54, 1.807) is 19.1 Å². The molecule has 0 spiro atoms. The minimum Gasteiger partial charge on any atom is -0.459 e. The minimum absolute atomic E-state index is 0.184. The van der Waals surface area contributed by atoms with Crippen LogP contribution in [-0.2, 0) is 16.1 Å². The van der Waals surface area contributed by atoms with Crippen LogP contribution in [0, 0.1) is 0 Å². The van der Waals surface area contributed by atoms with E-state index in [1.165, 1.54) is 5.69 Å². The van der Waals surface area contributed by atoms with Crippen molar-refractivity contribution >= 4 is 23.3 Å². The molecule has 2 aromatic carbocycles. The van der Waals surface area contributed by atoms with Crippen molar-refractivity contribution in [2.24, 2.45) is 0 Å². The van der Waals surface area contributed by atoms with Crippen LogP contribution >= 0.6 is 0 Å². The van der Waals surface area contributed by atoms with Crippen molar-refractivity contribution in [2.75, 3.05) is 36.0 Å². The van der Waals surface area contributed by atoms with Gasteiger partial charge in [0.05, 0.1) is 0 Å². The topological polar surface area (TPSA) is 74.8 Å². The SMILES string of the molecule is CC(NC(=O)c1ccc(N2CCN(c3ccncc3)CC2)cc1)C(=O)OCc1ccccc1. The molecular weight excluding hydrogens is 416 g/mol. The molecule has 2 heterocycles. The summed E-state index contributed by atoms with van der Waals surface area (Å²) in [7, 11) is 0. The number of aromatic nitrogens is 1. The summed E-state index contributed by atoms with van der Waals surface area (Å²) in [5.41, 5.74) is 3.68. The summed E-state index contributed by atoms with van der Waals surface area (Å²) < 4.78 is 5.30. The molecule has 1 atom stereocenters. The molecule has 1 fully saturated rings. The van der Waals surface area contributed by atoms with Gasteiger partial charge in [0.25, 0.3) is 5.91 Å². The third-order valence-electron chi connectivity index (χ3n) is 5.73. The number of nitrogens with one attached hydrogen (secondary N) is 1. The van der Waals surface area contributed by atoms with Gasteiger partial charge in [0.2, 0.25) is 0 Å². The highest BCUT2D eigenvalue weighted by molar-refractivity contribution is 5.97. The third-order valence-corrected chi connectivity index (χ3v) is 5.73. The van der Waals surface area contributed by atoms with Gasteiger partial charge in [0, 0.05) is 55.5 Å². The lowest BCUT2D eigenvalue weighted by Crippen LogP contribution is -2.46. The number of carbonyl (C=O) groups excluding carboxylic acids is 2. The Balaban J connectivity index is 1.26. The summed E-state index contributed by atoms with van der Waals surface area (Å²) in [4.78, 5) is 33.5. The van der Waals surface area contributed by atoms with Gasteiger partial charge in [-0.25, -0.2) is 4.79 Å². The molecule has 1 aliphatic heterocycles. The maximum atomic E-state index is 12.6. The number of benzene rings is 2. The Morgan fingerprint density at radius 2 is 1.45 bits per heavy atom. The second-order valence-electron chi connectivity index (χ2n) is 8.01. The number of carbonyl (C=O) groups is 2. The molecule has 0 aliphatic carbocycles. The van der Waals surface area contributed by atoms with Gasteiger partial charge in [0.1, 0.15) is 12.6 Å². The first-order chi connectivity index (χ1) is 16.1. The zero-order valence-corrected chi connectivity index (χ0v) is 18.7. The van der Waals surface area contributed by atoms with Crippen LogP contribution in [0.5, 0.6) is 0 Å². The van der Waals surface area contributed by atoms with E-state index in [1.807, 2.05) is 67.0 Å². The molecule has 4 rings (SSSR count). The van der Waals surface area contributed by atoms with E-state index in [0.29, 0.717) is 5.56 Å². The predicted molar refractivity (Wildman–Crippen MR) is 128 cm³/mol. The van der Waals surface area contributed by atoms with Gasteiger partial charge >= 0.3 is 5.97 Å². The predicted octanol–water partition coefficient (Wildman–Crippen LogP) is 3.27. The van der Waals surface area contributed by atoms with Gasteiger partial charge in [-0.3, -0.25) is 9.78 Å². The van der Waals surface area contributed by atoms with Crippen molar-refractivity contribution in [1.29, 1.82) is 0 Å². The minimum atomic E-state index is -0.734.